The van der Waals surface area contributed by atoms with Crippen LogP contribution in [-0.4, -0.2) is 48.4 Å². The molecule has 0 bridgehead atoms. The summed E-state index contributed by atoms with van der Waals surface area (Å²) in [4.78, 5) is 19.2. The van der Waals surface area contributed by atoms with Crippen molar-refractivity contribution in [3.63, 3.8) is 0 Å². The van der Waals surface area contributed by atoms with Gasteiger partial charge in [-0.2, -0.15) is 5.10 Å². The number of halogens is 1. The van der Waals surface area contributed by atoms with Gasteiger partial charge in [0, 0.05) is 31.2 Å². The number of rotatable bonds is 7. The molecule has 0 N–H and O–H groups in total. The van der Waals surface area contributed by atoms with E-state index in [-0.39, 0.29) is 34.8 Å². The first-order valence-electron chi connectivity index (χ1n) is 12.2. The van der Waals surface area contributed by atoms with Gasteiger partial charge in [-0.1, -0.05) is 30.3 Å². The molecule has 7 nitrogen and oxygen atoms in total. The van der Waals surface area contributed by atoms with Crippen molar-refractivity contribution in [2.75, 3.05) is 25.1 Å². The zero-order valence-electron chi connectivity index (χ0n) is 21.5. The number of allylic oxidation sites excluding steroid dienone is 2. The van der Waals surface area contributed by atoms with E-state index < -0.39 is 5.82 Å². The summed E-state index contributed by atoms with van der Waals surface area (Å²) < 4.78 is 27.7. The number of aliphatic imine (C=N–C) groups is 1. The minimum absolute atomic E-state index is 0.0612. The average Bonchev–Trinajstić information content (AvgIpc) is 2.88. The van der Waals surface area contributed by atoms with Crippen LogP contribution in [0.1, 0.15) is 32.0 Å². The number of benzene rings is 2. The van der Waals surface area contributed by atoms with Crippen LogP contribution in [0.25, 0.3) is 17.3 Å². The van der Waals surface area contributed by atoms with Crippen LogP contribution < -0.4 is 15.1 Å². The molecule has 3 aromatic rings. The van der Waals surface area contributed by atoms with Gasteiger partial charge in [0.15, 0.2) is 11.6 Å². The van der Waals surface area contributed by atoms with E-state index >= 15 is 4.39 Å². The van der Waals surface area contributed by atoms with E-state index in [2.05, 4.69) is 15.0 Å². The molecule has 37 heavy (non-hydrogen) atoms. The van der Waals surface area contributed by atoms with Gasteiger partial charge in [0.2, 0.25) is 5.43 Å². The minimum Gasteiger partial charge on any atom is -0.491 e. The third kappa shape index (κ3) is 6.40. The lowest BCUT2D eigenvalue weighted by Gasteiger charge is -2.37. The Kier molecular flexibility index (Phi) is 8.30. The first-order valence-corrected chi connectivity index (χ1v) is 12.2. The molecule has 0 spiro atoms. The van der Waals surface area contributed by atoms with Crippen molar-refractivity contribution in [1.29, 1.82) is 0 Å². The van der Waals surface area contributed by atoms with E-state index in [1.54, 1.807) is 31.5 Å². The third-order valence-electron chi connectivity index (χ3n) is 6.01. The molecule has 0 saturated carbocycles. The van der Waals surface area contributed by atoms with E-state index in [0.29, 0.717) is 18.7 Å². The molecule has 2 heterocycles. The van der Waals surface area contributed by atoms with Crippen molar-refractivity contribution < 1.29 is 13.9 Å². The highest BCUT2D eigenvalue weighted by Crippen LogP contribution is 2.25. The monoisotopic (exact) mass is 502 g/mol. The predicted molar refractivity (Wildman–Crippen MR) is 146 cm³/mol. The van der Waals surface area contributed by atoms with Crippen molar-refractivity contribution in [3.05, 3.63) is 94.3 Å². The Morgan fingerprint density at radius 2 is 1.89 bits per heavy atom. The minimum atomic E-state index is -0.456. The smallest absolute Gasteiger partial charge is 0.249 e. The lowest BCUT2D eigenvalue weighted by atomic mass is 10.1. The Bertz CT molecular complexity index is 1370. The zero-order chi connectivity index (χ0) is 26.4. The molecular weight excluding hydrogens is 471 g/mol. The highest BCUT2D eigenvalue weighted by atomic mass is 19.1. The highest BCUT2D eigenvalue weighted by molar-refractivity contribution is 5.83. The summed E-state index contributed by atoms with van der Waals surface area (Å²) in [5.41, 5.74) is 2.36. The number of hydrogen-bond acceptors (Lipinski definition) is 6. The van der Waals surface area contributed by atoms with Crippen LogP contribution in [0.5, 0.6) is 5.75 Å². The number of hydrogen-bond donors (Lipinski definition) is 0. The Labute approximate surface area is 216 Å². The van der Waals surface area contributed by atoms with Gasteiger partial charge < -0.3 is 14.4 Å². The molecule has 1 fully saturated rings. The molecule has 8 heteroatoms. The van der Waals surface area contributed by atoms with E-state index in [1.807, 2.05) is 56.3 Å². The molecule has 4 rings (SSSR count). The van der Waals surface area contributed by atoms with E-state index in [0.717, 1.165) is 11.3 Å². The largest absolute Gasteiger partial charge is 0.491 e. The second-order valence-electron chi connectivity index (χ2n) is 8.99. The normalized spacial score (nSPS) is 18.6. The van der Waals surface area contributed by atoms with Gasteiger partial charge in [0.25, 0.3) is 0 Å². The lowest BCUT2D eigenvalue weighted by molar-refractivity contribution is -0.00523. The van der Waals surface area contributed by atoms with Gasteiger partial charge in [-0.15, -0.1) is 0 Å². The number of anilines is 1. The lowest BCUT2D eigenvalue weighted by Crippen LogP contribution is -2.45. The molecule has 1 aliphatic rings. The average molecular weight is 503 g/mol. The van der Waals surface area contributed by atoms with Gasteiger partial charge >= 0.3 is 0 Å². The van der Waals surface area contributed by atoms with Crippen LogP contribution in [0.15, 0.2) is 76.8 Å². The van der Waals surface area contributed by atoms with Gasteiger partial charge in [0.05, 0.1) is 25.5 Å². The highest BCUT2D eigenvalue weighted by Gasteiger charge is 2.23. The standard InChI is InChI=1S/C29H31FN4O3/c1-20(12-14-31-15-13-23-8-6-5-7-9-23)28-29(35)27(36-4)19-34(32-28)26-11-10-24(16-25(26)30)33-17-21(2)37-22(3)18-33/h5-16,19,21-22H,17-18H2,1-4H3/b15-13-,20-12+,31-14-/t21-,22+. The molecule has 1 saturated heterocycles. The van der Waals surface area contributed by atoms with Crippen LogP contribution >= 0.6 is 0 Å². The summed E-state index contributed by atoms with van der Waals surface area (Å²) in [7, 11) is 1.40. The SMILES string of the molecule is COc1cn(-c2ccc(N3C[C@@H](C)O[C@@H](C)C3)cc2F)nc(/C(C)=C/C=N\C=C/c2ccccc2)c1=O. The molecule has 0 aliphatic carbocycles. The van der Waals surface area contributed by atoms with Crippen molar-refractivity contribution in [1.82, 2.24) is 9.78 Å². The fourth-order valence-corrected chi connectivity index (χ4v) is 4.24. The second kappa shape index (κ2) is 11.8. The Hall–Kier alpha value is -4.04. The maximum atomic E-state index is 15.3. The maximum Gasteiger partial charge on any atom is 0.249 e. The molecule has 2 atom stereocenters. The maximum absolute atomic E-state index is 15.3. The Morgan fingerprint density at radius 3 is 2.57 bits per heavy atom. The van der Waals surface area contributed by atoms with Gasteiger partial charge in [-0.3, -0.25) is 9.79 Å². The summed E-state index contributed by atoms with van der Waals surface area (Å²) in [6.07, 6.45) is 8.33. The fraction of sp³-hybridized carbons (Fsp3) is 0.276. The molecular formula is C29H31FN4O3. The summed E-state index contributed by atoms with van der Waals surface area (Å²) in [6, 6.07) is 14.8. The molecule has 0 unspecified atom stereocenters. The van der Waals surface area contributed by atoms with Gasteiger partial charge in [-0.25, -0.2) is 9.07 Å². The summed E-state index contributed by atoms with van der Waals surface area (Å²) in [5.74, 6) is -0.388. The molecule has 0 amide bonds. The molecule has 1 aromatic heterocycles. The summed E-state index contributed by atoms with van der Waals surface area (Å²) in [5, 5.41) is 4.43. The summed E-state index contributed by atoms with van der Waals surface area (Å²) >= 11 is 0. The van der Waals surface area contributed by atoms with Crippen LogP contribution in [0.2, 0.25) is 0 Å². The van der Waals surface area contributed by atoms with Crippen molar-refractivity contribution in [2.24, 2.45) is 4.99 Å². The number of morpholine rings is 1. The van der Waals surface area contributed by atoms with Gasteiger partial charge in [0.1, 0.15) is 11.4 Å². The van der Waals surface area contributed by atoms with Crippen molar-refractivity contribution >= 4 is 23.6 Å². The second-order valence-corrected chi connectivity index (χ2v) is 8.99. The number of ether oxygens (including phenoxy) is 2. The van der Waals surface area contributed by atoms with E-state index in [9.17, 15) is 4.79 Å². The van der Waals surface area contributed by atoms with Crippen molar-refractivity contribution in [3.8, 4) is 11.4 Å². The van der Waals surface area contributed by atoms with Crippen molar-refractivity contribution in [2.45, 2.75) is 33.0 Å². The Morgan fingerprint density at radius 1 is 1.16 bits per heavy atom. The molecule has 192 valence electrons. The van der Waals surface area contributed by atoms with E-state index in [1.165, 1.54) is 24.1 Å². The van der Waals surface area contributed by atoms with Crippen LogP contribution in [0, 0.1) is 5.82 Å². The molecule has 0 radical (unpaired) electrons. The van der Waals surface area contributed by atoms with Crippen LogP contribution in [-0.2, 0) is 4.74 Å². The number of methoxy groups -OCH3 is 1. The first-order chi connectivity index (χ1) is 17.9. The quantitative estimate of drug-likeness (QED) is 0.419. The predicted octanol–water partition coefficient (Wildman–Crippen LogP) is 5.14. The summed E-state index contributed by atoms with van der Waals surface area (Å²) in [6.45, 7) is 7.13. The Balaban J connectivity index is 1.60. The number of nitrogens with zero attached hydrogens (tertiary/aromatic N) is 4. The van der Waals surface area contributed by atoms with E-state index in [4.69, 9.17) is 9.47 Å². The molecule has 2 aromatic carbocycles. The van der Waals surface area contributed by atoms with Crippen LogP contribution in [0.4, 0.5) is 10.1 Å². The van der Waals surface area contributed by atoms with Gasteiger partial charge in [-0.05, 0) is 62.3 Å². The topological polar surface area (TPSA) is 68.9 Å². The van der Waals surface area contributed by atoms with Crippen LogP contribution in [0.3, 0.4) is 0 Å². The number of aromatic nitrogens is 2. The first kappa shape index (κ1) is 26.0. The fourth-order valence-electron chi connectivity index (χ4n) is 4.24. The third-order valence-corrected chi connectivity index (χ3v) is 6.01. The zero-order valence-corrected chi connectivity index (χ0v) is 21.5. The molecule has 1 aliphatic heterocycles.